The number of carboxylic acid groups (broad SMARTS) is 1. The van der Waals surface area contributed by atoms with Crippen LogP contribution in [0.15, 0.2) is 18.2 Å². The van der Waals surface area contributed by atoms with Crippen molar-refractivity contribution >= 4 is 11.9 Å². The maximum atomic E-state index is 12.8. The first-order valence-electron chi connectivity index (χ1n) is 7.65. The Labute approximate surface area is 130 Å². The third-order valence-corrected chi connectivity index (χ3v) is 4.02. The zero-order valence-corrected chi connectivity index (χ0v) is 13.3. The van der Waals surface area contributed by atoms with Gasteiger partial charge in [0.05, 0.1) is 12.7 Å². The highest BCUT2D eigenvalue weighted by molar-refractivity contribution is 5.98. The molecule has 1 aromatic rings. The van der Waals surface area contributed by atoms with Crippen LogP contribution in [0.4, 0.5) is 0 Å². The van der Waals surface area contributed by atoms with Gasteiger partial charge in [0.2, 0.25) is 0 Å². The largest absolute Gasteiger partial charge is 0.497 e. The third-order valence-electron chi connectivity index (χ3n) is 4.02. The highest BCUT2D eigenvalue weighted by Crippen LogP contribution is 2.27. The fourth-order valence-corrected chi connectivity index (χ4v) is 3.02. The van der Waals surface area contributed by atoms with E-state index in [4.69, 9.17) is 9.84 Å². The van der Waals surface area contributed by atoms with Crippen LogP contribution in [0.2, 0.25) is 0 Å². The molecule has 120 valence electrons. The number of hydrogen-bond acceptors (Lipinski definition) is 3. The number of ether oxygens (including phenoxy) is 1. The minimum absolute atomic E-state index is 0.0716. The van der Waals surface area contributed by atoms with E-state index in [1.54, 1.807) is 6.07 Å². The van der Waals surface area contributed by atoms with Crippen molar-refractivity contribution in [3.8, 4) is 5.75 Å². The Morgan fingerprint density at radius 2 is 2.00 bits per heavy atom. The molecule has 22 heavy (non-hydrogen) atoms. The Bertz CT molecular complexity index is 568. The fourth-order valence-electron chi connectivity index (χ4n) is 3.02. The van der Waals surface area contributed by atoms with Crippen LogP contribution in [0.1, 0.15) is 53.8 Å². The Morgan fingerprint density at radius 1 is 1.32 bits per heavy atom. The number of amides is 1. The van der Waals surface area contributed by atoms with Gasteiger partial charge in [-0.2, -0.15) is 0 Å². The molecule has 0 bridgehead atoms. The number of aromatic carboxylic acids is 1. The van der Waals surface area contributed by atoms with E-state index in [9.17, 15) is 9.59 Å². The predicted molar refractivity (Wildman–Crippen MR) is 83.5 cm³/mol. The molecule has 1 aromatic carbocycles. The monoisotopic (exact) mass is 305 g/mol. The van der Waals surface area contributed by atoms with E-state index >= 15 is 0 Å². The van der Waals surface area contributed by atoms with Crippen molar-refractivity contribution in [3.63, 3.8) is 0 Å². The summed E-state index contributed by atoms with van der Waals surface area (Å²) in [5.74, 6) is -0.251. The van der Waals surface area contributed by atoms with E-state index in [0.29, 0.717) is 17.2 Å². The number of carboxylic acids is 1. The summed E-state index contributed by atoms with van der Waals surface area (Å²) in [4.78, 5) is 25.8. The van der Waals surface area contributed by atoms with Crippen LogP contribution in [0, 0.1) is 5.92 Å². The molecule has 1 unspecified atom stereocenters. The van der Waals surface area contributed by atoms with Gasteiger partial charge in [-0.3, -0.25) is 4.79 Å². The maximum Gasteiger partial charge on any atom is 0.335 e. The van der Waals surface area contributed by atoms with Crippen molar-refractivity contribution in [2.45, 2.75) is 39.2 Å². The number of hydrogen-bond donors (Lipinski definition) is 1. The van der Waals surface area contributed by atoms with Gasteiger partial charge in [0.15, 0.2) is 0 Å². The molecule has 1 aliphatic rings. The average molecular weight is 305 g/mol. The third kappa shape index (κ3) is 3.59. The molecular weight excluding hydrogens is 282 g/mol. The van der Waals surface area contributed by atoms with Gasteiger partial charge in [-0.15, -0.1) is 0 Å². The number of rotatable bonds is 5. The summed E-state index contributed by atoms with van der Waals surface area (Å²) in [7, 11) is 1.46. The molecule has 1 atom stereocenters. The summed E-state index contributed by atoms with van der Waals surface area (Å²) in [6.45, 7) is 5.03. The van der Waals surface area contributed by atoms with Crippen molar-refractivity contribution in [2.24, 2.45) is 5.92 Å². The van der Waals surface area contributed by atoms with E-state index in [2.05, 4.69) is 13.8 Å². The molecule has 5 nitrogen and oxygen atoms in total. The molecule has 1 fully saturated rings. The molecule has 1 aliphatic heterocycles. The maximum absolute atomic E-state index is 12.8. The lowest BCUT2D eigenvalue weighted by molar-refractivity contribution is 0.0696. The minimum atomic E-state index is -1.06. The van der Waals surface area contributed by atoms with Gasteiger partial charge in [-0.1, -0.05) is 13.8 Å². The van der Waals surface area contributed by atoms with Crippen LogP contribution < -0.4 is 4.74 Å². The van der Waals surface area contributed by atoms with Crippen molar-refractivity contribution < 1.29 is 19.4 Å². The van der Waals surface area contributed by atoms with E-state index in [1.165, 1.54) is 19.2 Å². The first-order chi connectivity index (χ1) is 10.4. The molecule has 0 saturated carbocycles. The first-order valence-corrected chi connectivity index (χ1v) is 7.65. The van der Waals surface area contributed by atoms with Crippen LogP contribution in [-0.2, 0) is 0 Å². The highest BCUT2D eigenvalue weighted by Gasteiger charge is 2.30. The Kier molecular flexibility index (Phi) is 5.06. The predicted octanol–water partition coefficient (Wildman–Crippen LogP) is 3.04. The van der Waals surface area contributed by atoms with E-state index in [0.717, 1.165) is 25.8 Å². The first kappa shape index (κ1) is 16.3. The van der Waals surface area contributed by atoms with Gasteiger partial charge in [-0.25, -0.2) is 4.79 Å². The molecular formula is C17H23NO4. The summed E-state index contributed by atoms with van der Waals surface area (Å²) in [5.41, 5.74) is 0.453. The van der Waals surface area contributed by atoms with Crippen LogP contribution in [0.5, 0.6) is 5.75 Å². The lowest BCUT2D eigenvalue weighted by Crippen LogP contribution is -2.36. The lowest BCUT2D eigenvalue weighted by Gasteiger charge is -2.26. The Morgan fingerprint density at radius 3 is 2.59 bits per heavy atom. The molecule has 1 N–H and O–H groups in total. The van der Waals surface area contributed by atoms with Crippen molar-refractivity contribution in [3.05, 3.63) is 29.3 Å². The Hall–Kier alpha value is -2.04. The van der Waals surface area contributed by atoms with Crippen molar-refractivity contribution in [2.75, 3.05) is 13.7 Å². The van der Waals surface area contributed by atoms with E-state index in [1.807, 2.05) is 4.90 Å². The summed E-state index contributed by atoms with van der Waals surface area (Å²) < 4.78 is 5.12. The summed E-state index contributed by atoms with van der Waals surface area (Å²) in [5, 5.41) is 9.17. The van der Waals surface area contributed by atoms with Crippen LogP contribution in [0.25, 0.3) is 0 Å². The zero-order chi connectivity index (χ0) is 16.3. The number of methoxy groups -OCH3 is 1. The summed E-state index contributed by atoms with van der Waals surface area (Å²) in [6.07, 6.45) is 2.99. The molecule has 5 heteroatoms. The smallest absolute Gasteiger partial charge is 0.335 e. The molecule has 2 rings (SSSR count). The minimum Gasteiger partial charge on any atom is -0.497 e. The number of carbonyl (C=O) groups excluding carboxylic acids is 1. The van der Waals surface area contributed by atoms with Crippen LogP contribution in [-0.4, -0.2) is 41.6 Å². The van der Waals surface area contributed by atoms with E-state index in [-0.39, 0.29) is 17.5 Å². The molecule has 1 saturated heterocycles. The Balaban J connectivity index is 2.28. The molecule has 0 aromatic heterocycles. The van der Waals surface area contributed by atoms with E-state index < -0.39 is 5.97 Å². The number of nitrogens with zero attached hydrogens (tertiary/aromatic N) is 1. The molecule has 0 aliphatic carbocycles. The van der Waals surface area contributed by atoms with Crippen LogP contribution in [0.3, 0.4) is 0 Å². The normalized spacial score (nSPS) is 17.8. The highest BCUT2D eigenvalue weighted by atomic mass is 16.5. The van der Waals surface area contributed by atoms with Crippen molar-refractivity contribution in [1.82, 2.24) is 4.90 Å². The zero-order valence-electron chi connectivity index (χ0n) is 13.3. The topological polar surface area (TPSA) is 66.8 Å². The van der Waals surface area contributed by atoms with Gasteiger partial charge < -0.3 is 14.7 Å². The van der Waals surface area contributed by atoms with Crippen LogP contribution >= 0.6 is 0 Å². The molecule has 0 spiro atoms. The standard InChI is InChI=1S/C17H23NO4/c1-11(2)7-14-5-4-6-18(14)16(19)12-8-13(17(20)21)10-15(9-12)22-3/h8-11,14H,4-7H2,1-3H3,(H,20,21). The summed E-state index contributed by atoms with van der Waals surface area (Å²) in [6, 6.07) is 4.71. The molecule has 1 heterocycles. The quantitative estimate of drug-likeness (QED) is 0.908. The second-order valence-corrected chi connectivity index (χ2v) is 6.18. The molecule has 1 amide bonds. The van der Waals surface area contributed by atoms with Crippen molar-refractivity contribution in [1.29, 1.82) is 0 Å². The summed E-state index contributed by atoms with van der Waals surface area (Å²) >= 11 is 0. The van der Waals surface area contributed by atoms with Gasteiger partial charge >= 0.3 is 5.97 Å². The molecule has 0 radical (unpaired) electrons. The number of likely N-dealkylation sites (tertiary alicyclic amines) is 1. The number of benzene rings is 1. The van der Waals surface area contributed by atoms with Gasteiger partial charge in [-0.05, 0) is 43.4 Å². The fraction of sp³-hybridized carbons (Fsp3) is 0.529. The van der Waals surface area contributed by atoms with Gasteiger partial charge in [0, 0.05) is 18.2 Å². The second kappa shape index (κ2) is 6.81. The average Bonchev–Trinajstić information content (AvgIpc) is 2.93. The second-order valence-electron chi connectivity index (χ2n) is 6.18. The lowest BCUT2D eigenvalue weighted by atomic mass is 10.0. The van der Waals surface area contributed by atoms with Gasteiger partial charge in [0.25, 0.3) is 5.91 Å². The number of carbonyl (C=O) groups is 2. The SMILES string of the molecule is COc1cc(C(=O)O)cc(C(=O)N2CCCC2CC(C)C)c1. The van der Waals surface area contributed by atoms with Gasteiger partial charge in [0.1, 0.15) is 5.75 Å².